The summed E-state index contributed by atoms with van der Waals surface area (Å²) in [7, 11) is 1.40. The summed E-state index contributed by atoms with van der Waals surface area (Å²) < 4.78 is 9.97. The van der Waals surface area contributed by atoms with Gasteiger partial charge in [0, 0.05) is 11.5 Å². The molecule has 0 aliphatic heterocycles. The summed E-state index contributed by atoms with van der Waals surface area (Å²) >= 11 is 0. The van der Waals surface area contributed by atoms with Crippen LogP contribution in [0.3, 0.4) is 0 Å². The first kappa shape index (κ1) is 21.7. The van der Waals surface area contributed by atoms with Gasteiger partial charge in [0.25, 0.3) is 0 Å². The molecule has 1 amide bonds. The number of nitrogens with one attached hydrogen (secondary N) is 1. The number of rotatable bonds is 2. The summed E-state index contributed by atoms with van der Waals surface area (Å²) in [6, 6.07) is 3.42. The first-order chi connectivity index (χ1) is 15.2. The van der Waals surface area contributed by atoms with E-state index in [9.17, 15) is 14.7 Å². The molecule has 0 spiro atoms. The van der Waals surface area contributed by atoms with Crippen molar-refractivity contribution >= 4 is 6.09 Å². The number of fused-ring (bicyclic) bond motifs is 5. The fraction of sp³-hybridized carbons (Fsp3) is 0.692. The van der Waals surface area contributed by atoms with Crippen molar-refractivity contribution in [3.63, 3.8) is 0 Å². The third kappa shape index (κ3) is 3.01. The Bertz CT molecular complexity index is 980. The Balaban J connectivity index is 1.43. The number of carbonyl (C=O) groups excluding carboxylic acids is 1. The topological polar surface area (TPSA) is 88.8 Å². The van der Waals surface area contributed by atoms with E-state index in [4.69, 9.17) is 9.15 Å². The van der Waals surface area contributed by atoms with E-state index in [0.29, 0.717) is 5.92 Å². The number of amides is 1. The zero-order chi connectivity index (χ0) is 22.7. The van der Waals surface area contributed by atoms with Crippen molar-refractivity contribution in [2.45, 2.75) is 82.8 Å². The molecule has 5 rings (SSSR count). The molecule has 7 atom stereocenters. The maximum absolute atomic E-state index is 12.3. The first-order valence-electron chi connectivity index (χ1n) is 12.1. The van der Waals surface area contributed by atoms with Gasteiger partial charge >= 0.3 is 11.7 Å². The lowest BCUT2D eigenvalue weighted by atomic mass is 9.45. The number of methoxy groups -OCH3 is 1. The van der Waals surface area contributed by atoms with Crippen LogP contribution in [0.25, 0.3) is 0 Å². The van der Waals surface area contributed by atoms with Crippen LogP contribution in [-0.4, -0.2) is 30.0 Å². The van der Waals surface area contributed by atoms with E-state index in [1.807, 2.05) is 6.07 Å². The first-order valence-corrected chi connectivity index (χ1v) is 12.1. The van der Waals surface area contributed by atoms with Crippen molar-refractivity contribution in [1.82, 2.24) is 5.32 Å². The summed E-state index contributed by atoms with van der Waals surface area (Å²) in [4.78, 5) is 23.2. The molecule has 174 valence electrons. The van der Waals surface area contributed by atoms with Crippen LogP contribution in [0.2, 0.25) is 0 Å². The Labute approximate surface area is 189 Å². The third-order valence-electron chi connectivity index (χ3n) is 9.91. The molecule has 1 aromatic rings. The fourth-order valence-corrected chi connectivity index (χ4v) is 8.12. The molecular formula is C26H35NO5. The minimum absolute atomic E-state index is 0.0302. The van der Waals surface area contributed by atoms with Crippen LogP contribution in [0.4, 0.5) is 4.79 Å². The highest BCUT2D eigenvalue weighted by molar-refractivity contribution is 5.67. The predicted octanol–water partition coefficient (Wildman–Crippen LogP) is 4.53. The highest BCUT2D eigenvalue weighted by atomic mass is 16.5. The van der Waals surface area contributed by atoms with Crippen LogP contribution in [0.5, 0.6) is 0 Å². The van der Waals surface area contributed by atoms with Crippen molar-refractivity contribution in [1.29, 1.82) is 0 Å². The summed E-state index contributed by atoms with van der Waals surface area (Å²) in [5.74, 6) is 0.934. The van der Waals surface area contributed by atoms with E-state index in [-0.39, 0.29) is 40.4 Å². The number of aliphatic hydroxyl groups is 1. The fourth-order valence-electron chi connectivity index (χ4n) is 8.12. The van der Waals surface area contributed by atoms with Gasteiger partial charge in [0.15, 0.2) is 0 Å². The Morgan fingerprint density at radius 3 is 2.66 bits per heavy atom. The monoisotopic (exact) mass is 441 g/mol. The SMILES string of the molecule is COC(=O)N[C@@H]1C=C2CC[C@@H]3[C@H](CC[C@]4(C)[C@@H](c5ccc(=O)oc5)CC[C@]34O)[C@@]2(C)CC1. The smallest absolute Gasteiger partial charge is 0.407 e. The van der Waals surface area contributed by atoms with Gasteiger partial charge in [0.2, 0.25) is 0 Å². The van der Waals surface area contributed by atoms with Crippen LogP contribution >= 0.6 is 0 Å². The molecule has 6 heteroatoms. The molecule has 1 aromatic heterocycles. The molecule has 4 aliphatic rings. The standard InChI is InChI=1S/C26H35NO5/c1-24-11-8-18(27-23(29)31-3)14-17(24)5-6-21-20(24)9-12-25(2)19(10-13-26(21,25)30)16-4-7-22(28)32-15-16/h4,7,14-15,18-21,30H,5-6,8-13H2,1-3H3,(H,27,29)/t18-,19+,20-,21+,24-,25+,26-/m0/s1. The van der Waals surface area contributed by atoms with Crippen LogP contribution < -0.4 is 10.9 Å². The number of allylic oxidation sites excluding steroid dienone is 1. The number of carbonyl (C=O) groups is 1. The zero-order valence-corrected chi connectivity index (χ0v) is 19.4. The van der Waals surface area contributed by atoms with Gasteiger partial charge in [-0.3, -0.25) is 0 Å². The minimum atomic E-state index is -0.702. The average molecular weight is 442 g/mol. The minimum Gasteiger partial charge on any atom is -0.453 e. The van der Waals surface area contributed by atoms with Crippen LogP contribution in [0.1, 0.15) is 76.7 Å². The molecule has 32 heavy (non-hydrogen) atoms. The zero-order valence-electron chi connectivity index (χ0n) is 19.4. The third-order valence-corrected chi connectivity index (χ3v) is 9.91. The Morgan fingerprint density at radius 1 is 1.12 bits per heavy atom. The van der Waals surface area contributed by atoms with E-state index in [0.717, 1.165) is 56.9 Å². The lowest BCUT2D eigenvalue weighted by Gasteiger charge is -2.62. The summed E-state index contributed by atoms with van der Waals surface area (Å²) in [6.07, 6.45) is 11.2. The Morgan fingerprint density at radius 2 is 1.94 bits per heavy atom. The molecule has 6 nitrogen and oxygen atoms in total. The molecule has 3 saturated carbocycles. The molecular weight excluding hydrogens is 406 g/mol. The van der Waals surface area contributed by atoms with Gasteiger partial charge in [-0.1, -0.05) is 25.5 Å². The van der Waals surface area contributed by atoms with Gasteiger partial charge in [-0.25, -0.2) is 9.59 Å². The second-order valence-electron chi connectivity index (χ2n) is 11.0. The molecule has 0 saturated heterocycles. The van der Waals surface area contributed by atoms with E-state index in [1.54, 1.807) is 6.26 Å². The molecule has 0 aromatic carbocycles. The summed E-state index contributed by atoms with van der Waals surface area (Å²) in [6.45, 7) is 4.64. The van der Waals surface area contributed by atoms with Crippen molar-refractivity contribution < 1.29 is 19.1 Å². The molecule has 0 radical (unpaired) electrons. The normalized spacial score (nSPS) is 42.8. The molecule has 4 aliphatic carbocycles. The van der Waals surface area contributed by atoms with Gasteiger partial charge < -0.3 is 19.6 Å². The molecule has 1 heterocycles. The van der Waals surface area contributed by atoms with Crippen molar-refractivity contribution in [3.8, 4) is 0 Å². The van der Waals surface area contributed by atoms with E-state index in [2.05, 4.69) is 25.2 Å². The van der Waals surface area contributed by atoms with Gasteiger partial charge in [0.05, 0.1) is 25.0 Å². The maximum atomic E-state index is 12.3. The largest absolute Gasteiger partial charge is 0.453 e. The van der Waals surface area contributed by atoms with Crippen LogP contribution in [0.15, 0.2) is 39.3 Å². The van der Waals surface area contributed by atoms with Crippen LogP contribution in [-0.2, 0) is 4.74 Å². The molecule has 0 bridgehead atoms. The highest BCUT2D eigenvalue weighted by Crippen LogP contribution is 2.70. The summed E-state index contributed by atoms with van der Waals surface area (Å²) in [5, 5.41) is 15.2. The second kappa shape index (κ2) is 7.47. The second-order valence-corrected chi connectivity index (χ2v) is 11.0. The predicted molar refractivity (Wildman–Crippen MR) is 120 cm³/mol. The highest BCUT2D eigenvalue weighted by Gasteiger charge is 2.66. The van der Waals surface area contributed by atoms with Gasteiger partial charge in [-0.15, -0.1) is 0 Å². The maximum Gasteiger partial charge on any atom is 0.407 e. The van der Waals surface area contributed by atoms with Gasteiger partial charge in [0.1, 0.15) is 0 Å². The average Bonchev–Trinajstić information content (AvgIpc) is 3.06. The number of hydrogen-bond donors (Lipinski definition) is 2. The van der Waals surface area contributed by atoms with Crippen LogP contribution in [0, 0.1) is 22.7 Å². The van der Waals surface area contributed by atoms with E-state index < -0.39 is 5.60 Å². The van der Waals surface area contributed by atoms with Crippen molar-refractivity contribution in [2.24, 2.45) is 22.7 Å². The number of ether oxygens (including phenoxy) is 1. The lowest BCUT2D eigenvalue weighted by molar-refractivity contribution is -0.177. The van der Waals surface area contributed by atoms with E-state index in [1.165, 1.54) is 18.7 Å². The molecule has 3 fully saturated rings. The lowest BCUT2D eigenvalue weighted by Crippen LogP contribution is -2.60. The number of hydrogen-bond acceptors (Lipinski definition) is 5. The van der Waals surface area contributed by atoms with Gasteiger partial charge in [-0.2, -0.15) is 0 Å². The quantitative estimate of drug-likeness (QED) is 0.659. The van der Waals surface area contributed by atoms with Crippen molar-refractivity contribution in [3.05, 3.63) is 46.0 Å². The summed E-state index contributed by atoms with van der Waals surface area (Å²) in [5.41, 5.74) is 1.32. The van der Waals surface area contributed by atoms with E-state index >= 15 is 0 Å². The number of alkyl carbamates (subject to hydrolysis) is 1. The Kier molecular flexibility index (Phi) is 5.08. The molecule has 0 unspecified atom stereocenters. The Hall–Kier alpha value is -2.08. The van der Waals surface area contributed by atoms with Gasteiger partial charge in [-0.05, 0) is 86.2 Å². The van der Waals surface area contributed by atoms with Crippen molar-refractivity contribution in [2.75, 3.05) is 7.11 Å². The molecule has 2 N–H and O–H groups in total.